The number of ether oxygens (including phenoxy) is 2. The number of aromatic carboxylic acids is 2. The van der Waals surface area contributed by atoms with E-state index >= 15 is 0 Å². The van der Waals surface area contributed by atoms with Crippen LogP contribution in [0.25, 0.3) is 0 Å². The van der Waals surface area contributed by atoms with Gasteiger partial charge >= 0.3 is 11.9 Å². The van der Waals surface area contributed by atoms with E-state index in [1.807, 2.05) is 0 Å². The first-order chi connectivity index (χ1) is 12.3. The third-order valence-corrected chi connectivity index (χ3v) is 3.45. The van der Waals surface area contributed by atoms with Crippen LogP contribution in [0.3, 0.4) is 0 Å². The molecule has 10 nitrogen and oxygen atoms in total. The van der Waals surface area contributed by atoms with Crippen molar-refractivity contribution in [2.24, 2.45) is 0 Å². The second-order valence-corrected chi connectivity index (χ2v) is 4.98. The molecule has 0 unspecified atom stereocenters. The summed E-state index contributed by atoms with van der Waals surface area (Å²) in [7, 11) is 2.55. The number of carboxylic acids is 2. The minimum Gasteiger partial charge on any atom is -0.495 e. The van der Waals surface area contributed by atoms with E-state index in [1.165, 1.54) is 32.4 Å². The number of nitrogens with one attached hydrogen (secondary N) is 1. The lowest BCUT2D eigenvalue weighted by molar-refractivity contribution is -0.384. The van der Waals surface area contributed by atoms with Gasteiger partial charge in [0.15, 0.2) is 5.69 Å². The average Bonchev–Trinajstić information content (AvgIpc) is 2.61. The predicted molar refractivity (Wildman–Crippen MR) is 89.8 cm³/mol. The second-order valence-electron chi connectivity index (χ2n) is 4.98. The van der Waals surface area contributed by atoms with Crippen molar-refractivity contribution >= 4 is 29.0 Å². The Morgan fingerprint density at radius 1 is 1.00 bits per heavy atom. The van der Waals surface area contributed by atoms with Gasteiger partial charge in [0, 0.05) is 6.07 Å². The topological polar surface area (TPSA) is 148 Å². The van der Waals surface area contributed by atoms with Gasteiger partial charge in [0.1, 0.15) is 11.5 Å². The fourth-order valence-electron chi connectivity index (χ4n) is 2.22. The van der Waals surface area contributed by atoms with E-state index in [-0.39, 0.29) is 34.0 Å². The fraction of sp³-hybridized carbons (Fsp3) is 0.125. The Labute approximate surface area is 146 Å². The van der Waals surface area contributed by atoms with Crippen LogP contribution in [0.1, 0.15) is 20.7 Å². The minimum absolute atomic E-state index is 0.0323. The van der Waals surface area contributed by atoms with Crippen LogP contribution < -0.4 is 14.8 Å². The van der Waals surface area contributed by atoms with Crippen molar-refractivity contribution in [3.05, 3.63) is 51.6 Å². The number of anilines is 2. The van der Waals surface area contributed by atoms with E-state index in [0.29, 0.717) is 0 Å². The largest absolute Gasteiger partial charge is 0.495 e. The van der Waals surface area contributed by atoms with Gasteiger partial charge in [-0.1, -0.05) is 0 Å². The summed E-state index contributed by atoms with van der Waals surface area (Å²) in [5.41, 5.74) is -0.723. The number of hydrogen-bond donors (Lipinski definition) is 3. The lowest BCUT2D eigenvalue weighted by atomic mass is 10.1. The zero-order valence-corrected chi connectivity index (χ0v) is 13.7. The zero-order chi connectivity index (χ0) is 19.4. The molecule has 2 aromatic carbocycles. The molecule has 26 heavy (non-hydrogen) atoms. The first-order valence-electron chi connectivity index (χ1n) is 7.06. The summed E-state index contributed by atoms with van der Waals surface area (Å²) < 4.78 is 10.2. The molecule has 0 bridgehead atoms. The minimum atomic E-state index is -1.35. The summed E-state index contributed by atoms with van der Waals surface area (Å²) in [6, 6.07) is 5.93. The molecule has 0 aliphatic heterocycles. The van der Waals surface area contributed by atoms with Gasteiger partial charge in [-0.05, 0) is 24.3 Å². The molecular weight excluding hydrogens is 348 g/mol. The molecule has 0 atom stereocenters. The SMILES string of the molecule is COc1cc(C(=O)O)ccc1Nc1c(OC)cc(C(=O)O)cc1[N+](=O)[O-]. The highest BCUT2D eigenvalue weighted by Crippen LogP contribution is 2.40. The van der Waals surface area contributed by atoms with Crippen LogP contribution in [-0.4, -0.2) is 41.3 Å². The molecule has 0 spiro atoms. The third-order valence-electron chi connectivity index (χ3n) is 3.45. The molecule has 2 aromatic rings. The van der Waals surface area contributed by atoms with Crippen LogP contribution in [-0.2, 0) is 0 Å². The number of nitrogens with zero attached hydrogens (tertiary/aromatic N) is 1. The molecule has 0 heterocycles. The Morgan fingerprint density at radius 2 is 1.58 bits per heavy atom. The van der Waals surface area contributed by atoms with Gasteiger partial charge in [-0.3, -0.25) is 10.1 Å². The number of carbonyl (C=O) groups is 2. The Hall–Kier alpha value is -3.82. The van der Waals surface area contributed by atoms with E-state index in [4.69, 9.17) is 19.7 Å². The molecule has 0 amide bonds. The van der Waals surface area contributed by atoms with Crippen LogP contribution in [0.2, 0.25) is 0 Å². The van der Waals surface area contributed by atoms with Crippen molar-refractivity contribution in [1.29, 1.82) is 0 Å². The number of benzene rings is 2. The molecule has 0 radical (unpaired) electrons. The van der Waals surface area contributed by atoms with E-state index in [9.17, 15) is 19.7 Å². The van der Waals surface area contributed by atoms with Crippen LogP contribution in [0.5, 0.6) is 11.5 Å². The van der Waals surface area contributed by atoms with Gasteiger partial charge < -0.3 is 25.0 Å². The maximum atomic E-state index is 11.4. The highest BCUT2D eigenvalue weighted by molar-refractivity contribution is 5.93. The summed E-state index contributed by atoms with van der Waals surface area (Å²) in [6.07, 6.45) is 0. The second kappa shape index (κ2) is 7.38. The normalized spacial score (nSPS) is 10.1. The molecule has 0 aliphatic carbocycles. The monoisotopic (exact) mass is 362 g/mol. The number of nitro benzene ring substituents is 1. The quantitative estimate of drug-likeness (QED) is 0.499. The summed E-state index contributed by atoms with van der Waals surface area (Å²) in [4.78, 5) is 32.8. The maximum Gasteiger partial charge on any atom is 0.336 e. The van der Waals surface area contributed by atoms with E-state index < -0.39 is 22.5 Å². The van der Waals surface area contributed by atoms with E-state index in [2.05, 4.69) is 5.32 Å². The molecule has 3 N–H and O–H groups in total. The van der Waals surface area contributed by atoms with Gasteiger partial charge in [-0.2, -0.15) is 0 Å². The van der Waals surface area contributed by atoms with Crippen LogP contribution in [0, 0.1) is 10.1 Å². The summed E-state index contributed by atoms with van der Waals surface area (Å²) >= 11 is 0. The predicted octanol–water partition coefficient (Wildman–Crippen LogP) is 2.75. The van der Waals surface area contributed by atoms with Gasteiger partial charge in [-0.25, -0.2) is 9.59 Å². The Bertz CT molecular complexity index is 894. The fourth-order valence-corrected chi connectivity index (χ4v) is 2.22. The number of methoxy groups -OCH3 is 2. The molecule has 10 heteroatoms. The number of nitro groups is 1. The standard InChI is InChI=1S/C16H14N2O8/c1-25-12-6-8(15(19)20)3-4-10(12)17-14-11(18(23)24)5-9(16(21)22)7-13(14)26-2/h3-7,17H,1-2H3,(H,19,20)(H,21,22). The molecule has 136 valence electrons. The van der Waals surface area contributed by atoms with Crippen molar-refractivity contribution < 1.29 is 34.2 Å². The molecular formula is C16H14N2O8. The highest BCUT2D eigenvalue weighted by Gasteiger charge is 2.24. The highest BCUT2D eigenvalue weighted by atomic mass is 16.6. The maximum absolute atomic E-state index is 11.4. The Morgan fingerprint density at radius 3 is 2.08 bits per heavy atom. The average molecular weight is 362 g/mol. The van der Waals surface area contributed by atoms with Crippen molar-refractivity contribution in [2.75, 3.05) is 19.5 Å². The van der Waals surface area contributed by atoms with Crippen molar-refractivity contribution in [3.63, 3.8) is 0 Å². The number of carboxylic acid groups (broad SMARTS) is 2. The number of rotatable bonds is 7. The Kier molecular flexibility index (Phi) is 5.26. The van der Waals surface area contributed by atoms with Gasteiger partial charge in [0.05, 0.1) is 36.0 Å². The zero-order valence-electron chi connectivity index (χ0n) is 13.7. The van der Waals surface area contributed by atoms with Gasteiger partial charge in [0.25, 0.3) is 5.69 Å². The first kappa shape index (κ1) is 18.5. The molecule has 0 saturated heterocycles. The third kappa shape index (κ3) is 3.64. The van der Waals surface area contributed by atoms with Crippen molar-refractivity contribution in [2.45, 2.75) is 0 Å². The van der Waals surface area contributed by atoms with Gasteiger partial charge in [-0.15, -0.1) is 0 Å². The molecule has 0 saturated carbocycles. The summed E-state index contributed by atoms with van der Waals surface area (Å²) in [6.45, 7) is 0. The van der Waals surface area contributed by atoms with E-state index in [0.717, 1.165) is 12.1 Å². The molecule has 0 aromatic heterocycles. The molecule has 0 fully saturated rings. The van der Waals surface area contributed by atoms with Crippen molar-refractivity contribution in [1.82, 2.24) is 0 Å². The smallest absolute Gasteiger partial charge is 0.336 e. The molecule has 0 aliphatic rings. The Balaban J connectivity index is 2.60. The summed E-state index contributed by atoms with van der Waals surface area (Å²) in [5.74, 6) is -2.45. The number of hydrogen-bond acceptors (Lipinski definition) is 7. The van der Waals surface area contributed by atoms with Crippen LogP contribution in [0.15, 0.2) is 30.3 Å². The van der Waals surface area contributed by atoms with E-state index in [1.54, 1.807) is 0 Å². The lowest BCUT2D eigenvalue weighted by Crippen LogP contribution is -2.06. The molecule has 2 rings (SSSR count). The van der Waals surface area contributed by atoms with Gasteiger partial charge in [0.2, 0.25) is 0 Å². The lowest BCUT2D eigenvalue weighted by Gasteiger charge is -2.15. The van der Waals surface area contributed by atoms with Crippen LogP contribution in [0.4, 0.5) is 17.1 Å². The first-order valence-corrected chi connectivity index (χ1v) is 7.06. The van der Waals surface area contributed by atoms with Crippen LogP contribution >= 0.6 is 0 Å². The van der Waals surface area contributed by atoms with Crippen molar-refractivity contribution in [3.8, 4) is 11.5 Å². The summed E-state index contributed by atoms with van der Waals surface area (Å²) in [5, 5.41) is 32.2.